The Kier molecular flexibility index (Phi) is 15.4. The molecule has 4 heteroatoms. The quantitative estimate of drug-likeness (QED) is 0.178. The first kappa shape index (κ1) is 24.4. The first-order valence-corrected chi connectivity index (χ1v) is 12.0. The summed E-state index contributed by atoms with van der Waals surface area (Å²) in [6.45, 7) is 0. The Balaban J connectivity index is 2.13. The van der Waals surface area contributed by atoms with Crippen molar-refractivity contribution in [3.63, 3.8) is 0 Å². The molecular weight excluding hydrogens is 406 g/mol. The zero-order valence-electron chi connectivity index (χ0n) is 15.9. The summed E-state index contributed by atoms with van der Waals surface area (Å²) in [6.07, 6.45) is 16.7. The van der Waals surface area contributed by atoms with E-state index in [1.165, 1.54) is 64.2 Å². The van der Waals surface area contributed by atoms with E-state index < -0.39 is 0 Å². The predicted molar refractivity (Wildman–Crippen MR) is 120 cm³/mol. The Morgan fingerprint density at radius 2 is 0.846 bits per heavy atom. The van der Waals surface area contributed by atoms with Gasteiger partial charge in [-0.25, -0.2) is 0 Å². The van der Waals surface area contributed by atoms with E-state index in [-0.39, 0.29) is 9.67 Å². The van der Waals surface area contributed by atoms with Crippen molar-refractivity contribution in [1.29, 1.82) is 0 Å². The summed E-state index contributed by atoms with van der Waals surface area (Å²) in [4.78, 5) is -0.390. The zero-order chi connectivity index (χ0) is 19.0. The molecule has 0 N–H and O–H groups in total. The molecule has 0 atom stereocenters. The van der Waals surface area contributed by atoms with Crippen LogP contribution in [0.2, 0.25) is 0 Å². The molecule has 0 aliphatic carbocycles. The zero-order valence-corrected chi connectivity index (χ0v) is 18.9. The van der Waals surface area contributed by atoms with Gasteiger partial charge in [-0.3, -0.25) is 0 Å². The third-order valence-corrected chi connectivity index (χ3v) is 5.73. The number of hydrogen-bond acceptors (Lipinski definition) is 0. The van der Waals surface area contributed by atoms with E-state index in [4.69, 9.17) is 46.4 Å². The van der Waals surface area contributed by atoms with Gasteiger partial charge in [-0.2, -0.15) is 0 Å². The normalized spacial score (nSPS) is 11.6. The lowest BCUT2D eigenvalue weighted by atomic mass is 9.96. The van der Waals surface area contributed by atoms with Crippen LogP contribution < -0.4 is 0 Å². The number of aryl methyl sites for hydroxylation is 2. The van der Waals surface area contributed by atoms with E-state index in [9.17, 15) is 0 Å². The summed E-state index contributed by atoms with van der Waals surface area (Å²) in [6, 6.07) is 8.97. The van der Waals surface area contributed by atoms with E-state index in [1.54, 1.807) is 11.1 Å². The Morgan fingerprint density at radius 3 is 1.23 bits per heavy atom. The van der Waals surface area contributed by atoms with Crippen LogP contribution in [-0.4, -0.2) is 9.67 Å². The predicted octanol–water partition coefficient (Wildman–Crippen LogP) is 9.06. The Labute approximate surface area is 180 Å². The van der Waals surface area contributed by atoms with Crippen LogP contribution in [-0.2, 0) is 12.8 Å². The highest BCUT2D eigenvalue weighted by atomic mass is 35.5. The van der Waals surface area contributed by atoms with Crippen LogP contribution in [0.25, 0.3) is 0 Å². The van der Waals surface area contributed by atoms with Gasteiger partial charge >= 0.3 is 0 Å². The number of halogens is 4. The number of benzene rings is 1. The van der Waals surface area contributed by atoms with Crippen LogP contribution >= 0.6 is 46.4 Å². The summed E-state index contributed by atoms with van der Waals surface area (Å²) < 4.78 is 0. The Hall–Kier alpha value is 0.380. The SMILES string of the molecule is ClC(Cl)CCCCCCCc1ccccc1CCCCCCCC(Cl)Cl. The van der Waals surface area contributed by atoms with Gasteiger partial charge in [0.2, 0.25) is 0 Å². The average Bonchev–Trinajstić information content (AvgIpc) is 2.60. The number of alkyl halides is 4. The van der Waals surface area contributed by atoms with Crippen LogP contribution in [0.1, 0.15) is 88.2 Å². The minimum atomic E-state index is -0.195. The van der Waals surface area contributed by atoms with E-state index >= 15 is 0 Å². The van der Waals surface area contributed by atoms with Gasteiger partial charge in [0.05, 0.1) is 0 Å². The van der Waals surface area contributed by atoms with E-state index in [2.05, 4.69) is 24.3 Å². The van der Waals surface area contributed by atoms with Crippen LogP contribution in [0.15, 0.2) is 24.3 Å². The molecule has 0 heterocycles. The van der Waals surface area contributed by atoms with Gasteiger partial charge in [0.1, 0.15) is 9.67 Å². The van der Waals surface area contributed by atoms with Gasteiger partial charge in [-0.1, -0.05) is 75.6 Å². The maximum Gasteiger partial charge on any atom is 0.107 e. The lowest BCUT2D eigenvalue weighted by Gasteiger charge is -2.10. The number of unbranched alkanes of at least 4 members (excludes halogenated alkanes) is 8. The molecule has 0 unspecified atom stereocenters. The topological polar surface area (TPSA) is 0 Å². The highest BCUT2D eigenvalue weighted by Crippen LogP contribution is 2.19. The van der Waals surface area contributed by atoms with Gasteiger partial charge in [-0.15, -0.1) is 46.4 Å². The molecule has 150 valence electrons. The number of hydrogen-bond donors (Lipinski definition) is 0. The molecule has 0 bridgehead atoms. The smallest absolute Gasteiger partial charge is 0.105 e. The molecule has 26 heavy (non-hydrogen) atoms. The first-order valence-electron chi connectivity index (χ1n) is 10.2. The Morgan fingerprint density at radius 1 is 0.500 bits per heavy atom. The van der Waals surface area contributed by atoms with Crippen LogP contribution in [0, 0.1) is 0 Å². The molecule has 0 aromatic heterocycles. The van der Waals surface area contributed by atoms with Crippen molar-refractivity contribution in [2.24, 2.45) is 0 Å². The summed E-state index contributed by atoms with van der Waals surface area (Å²) in [7, 11) is 0. The average molecular weight is 440 g/mol. The second-order valence-corrected chi connectivity index (χ2v) is 9.72. The fraction of sp³-hybridized carbons (Fsp3) is 0.727. The molecule has 0 amide bonds. The van der Waals surface area contributed by atoms with Crippen molar-refractivity contribution in [1.82, 2.24) is 0 Å². The summed E-state index contributed by atoms with van der Waals surface area (Å²) in [5.41, 5.74) is 3.09. The molecule has 0 fully saturated rings. The highest BCUT2D eigenvalue weighted by molar-refractivity contribution is 6.44. The van der Waals surface area contributed by atoms with Crippen LogP contribution in [0.3, 0.4) is 0 Å². The maximum absolute atomic E-state index is 5.76. The van der Waals surface area contributed by atoms with Crippen LogP contribution in [0.5, 0.6) is 0 Å². The lowest BCUT2D eigenvalue weighted by molar-refractivity contribution is 0.596. The van der Waals surface area contributed by atoms with Crippen molar-refractivity contribution >= 4 is 46.4 Å². The molecule has 0 nitrogen and oxygen atoms in total. The standard InChI is InChI=1S/C22H34Cl4/c23-21(24)17-9-5-1-3-7-13-19-15-11-12-16-20(19)14-8-4-2-6-10-18-22(25)26/h11-12,15-16,21-22H,1-10,13-14,17-18H2. The highest BCUT2D eigenvalue weighted by Gasteiger charge is 2.03. The molecule has 1 aromatic carbocycles. The lowest BCUT2D eigenvalue weighted by Crippen LogP contribution is -1.95. The van der Waals surface area contributed by atoms with Crippen molar-refractivity contribution in [3.05, 3.63) is 35.4 Å². The van der Waals surface area contributed by atoms with Crippen molar-refractivity contribution in [3.8, 4) is 0 Å². The van der Waals surface area contributed by atoms with Gasteiger partial charge in [0.15, 0.2) is 0 Å². The third-order valence-electron chi connectivity index (χ3n) is 4.86. The molecule has 0 saturated heterocycles. The van der Waals surface area contributed by atoms with Gasteiger partial charge in [0, 0.05) is 0 Å². The molecule has 0 spiro atoms. The molecule has 0 saturated carbocycles. The van der Waals surface area contributed by atoms with Crippen molar-refractivity contribution < 1.29 is 0 Å². The largest absolute Gasteiger partial charge is 0.107 e. The van der Waals surface area contributed by atoms with E-state index in [0.29, 0.717) is 0 Å². The third kappa shape index (κ3) is 13.5. The summed E-state index contributed by atoms with van der Waals surface area (Å²) >= 11 is 23.0. The maximum atomic E-state index is 5.76. The molecule has 1 aromatic rings. The van der Waals surface area contributed by atoms with Crippen LogP contribution in [0.4, 0.5) is 0 Å². The number of rotatable bonds is 16. The molecule has 0 radical (unpaired) electrons. The first-order chi connectivity index (χ1) is 12.6. The van der Waals surface area contributed by atoms with Gasteiger partial charge in [0.25, 0.3) is 0 Å². The fourth-order valence-corrected chi connectivity index (χ4v) is 3.95. The monoisotopic (exact) mass is 438 g/mol. The fourth-order valence-electron chi connectivity index (χ4n) is 3.33. The summed E-state index contributed by atoms with van der Waals surface area (Å²) in [5, 5.41) is 0. The molecule has 0 aliphatic rings. The minimum Gasteiger partial charge on any atom is -0.105 e. The molecular formula is C22H34Cl4. The minimum absolute atomic E-state index is 0.195. The second-order valence-electron chi connectivity index (χ2n) is 7.16. The van der Waals surface area contributed by atoms with E-state index in [0.717, 1.165) is 25.7 Å². The Bertz CT molecular complexity index is 405. The molecule has 0 aliphatic heterocycles. The summed E-state index contributed by atoms with van der Waals surface area (Å²) in [5.74, 6) is 0. The molecule has 1 rings (SSSR count). The van der Waals surface area contributed by atoms with Gasteiger partial charge in [-0.05, 0) is 49.7 Å². The van der Waals surface area contributed by atoms with E-state index in [1.807, 2.05) is 0 Å². The van der Waals surface area contributed by atoms with Gasteiger partial charge < -0.3 is 0 Å². The second kappa shape index (κ2) is 16.3. The van der Waals surface area contributed by atoms with Crippen molar-refractivity contribution in [2.75, 3.05) is 0 Å². The van der Waals surface area contributed by atoms with Crippen molar-refractivity contribution in [2.45, 2.75) is 99.6 Å².